The highest BCUT2D eigenvalue weighted by Crippen LogP contribution is 2.26. The van der Waals surface area contributed by atoms with Gasteiger partial charge in [0.05, 0.1) is 0 Å². The lowest BCUT2D eigenvalue weighted by atomic mass is 10.2. The molecular weight excluding hydrogens is 260 g/mol. The zero-order valence-electron chi connectivity index (χ0n) is 12.0. The summed E-state index contributed by atoms with van der Waals surface area (Å²) in [6.45, 7) is 9.43. The Morgan fingerprint density at radius 2 is 2.16 bits per heavy atom. The van der Waals surface area contributed by atoms with Crippen molar-refractivity contribution in [2.24, 2.45) is 0 Å². The van der Waals surface area contributed by atoms with Gasteiger partial charge in [-0.25, -0.2) is 9.97 Å². The van der Waals surface area contributed by atoms with Crippen molar-refractivity contribution in [2.75, 3.05) is 25.0 Å². The van der Waals surface area contributed by atoms with Crippen LogP contribution in [0.25, 0.3) is 0 Å². The van der Waals surface area contributed by atoms with Crippen molar-refractivity contribution in [3.63, 3.8) is 0 Å². The molecule has 0 unspecified atom stereocenters. The Hall–Kier alpha value is -0.870. The molecule has 1 saturated carbocycles. The molecule has 1 N–H and O–H groups in total. The zero-order valence-corrected chi connectivity index (χ0v) is 12.7. The van der Waals surface area contributed by atoms with Crippen molar-refractivity contribution in [1.82, 2.24) is 14.9 Å². The minimum Gasteiger partial charge on any atom is -0.369 e. The second-order valence-corrected chi connectivity index (χ2v) is 5.76. The maximum absolute atomic E-state index is 6.02. The molecule has 0 atom stereocenters. The van der Waals surface area contributed by atoms with Gasteiger partial charge in [-0.15, -0.1) is 0 Å². The average molecular weight is 283 g/mol. The predicted molar refractivity (Wildman–Crippen MR) is 79.9 cm³/mol. The summed E-state index contributed by atoms with van der Waals surface area (Å²) in [6.07, 6.45) is 2.70. The van der Waals surface area contributed by atoms with Gasteiger partial charge in [0.25, 0.3) is 0 Å². The summed E-state index contributed by atoms with van der Waals surface area (Å²) < 4.78 is 0. The zero-order chi connectivity index (χ0) is 13.8. The average Bonchev–Trinajstić information content (AvgIpc) is 3.18. The number of nitrogens with one attached hydrogen (secondary N) is 1. The van der Waals surface area contributed by atoms with E-state index in [1.165, 1.54) is 12.8 Å². The Balaban J connectivity index is 1.88. The number of halogens is 1. The van der Waals surface area contributed by atoms with Crippen LogP contribution in [0.5, 0.6) is 0 Å². The first-order chi connectivity index (χ1) is 9.10. The van der Waals surface area contributed by atoms with Crippen molar-refractivity contribution in [3.8, 4) is 0 Å². The number of aromatic nitrogens is 2. The van der Waals surface area contributed by atoms with Crippen LogP contribution in [-0.2, 0) is 0 Å². The van der Waals surface area contributed by atoms with E-state index in [-0.39, 0.29) is 5.92 Å². The standard InChI is InChI=1S/C14H23ClN4/c1-4-19(11-5-6-11)8-7-16-13-9-12(15)17-14(18-13)10(2)3/h9-11H,4-8H2,1-3H3,(H,16,17,18). The Bertz CT molecular complexity index is 418. The quantitative estimate of drug-likeness (QED) is 0.780. The summed E-state index contributed by atoms with van der Waals surface area (Å²) in [5.41, 5.74) is 0. The predicted octanol–water partition coefficient (Wildman–Crippen LogP) is 3.15. The summed E-state index contributed by atoms with van der Waals surface area (Å²) in [6, 6.07) is 2.60. The van der Waals surface area contributed by atoms with Crippen LogP contribution in [-0.4, -0.2) is 40.5 Å². The molecule has 4 nitrogen and oxygen atoms in total. The highest BCUT2D eigenvalue weighted by Gasteiger charge is 2.27. The first-order valence-corrected chi connectivity index (χ1v) is 7.50. The van der Waals surface area contributed by atoms with E-state index in [9.17, 15) is 0 Å². The molecule has 19 heavy (non-hydrogen) atoms. The van der Waals surface area contributed by atoms with Crippen LogP contribution < -0.4 is 5.32 Å². The van der Waals surface area contributed by atoms with Gasteiger partial charge in [0, 0.05) is 31.1 Å². The highest BCUT2D eigenvalue weighted by molar-refractivity contribution is 6.29. The number of rotatable bonds is 7. The van der Waals surface area contributed by atoms with Crippen molar-refractivity contribution in [1.29, 1.82) is 0 Å². The number of hydrogen-bond donors (Lipinski definition) is 1. The number of anilines is 1. The maximum Gasteiger partial charge on any atom is 0.135 e. The van der Waals surface area contributed by atoms with E-state index in [1.54, 1.807) is 6.07 Å². The lowest BCUT2D eigenvalue weighted by Crippen LogP contribution is -2.31. The third-order valence-electron chi connectivity index (χ3n) is 3.40. The summed E-state index contributed by atoms with van der Waals surface area (Å²) in [5, 5.41) is 3.86. The van der Waals surface area contributed by atoms with E-state index in [4.69, 9.17) is 11.6 Å². The van der Waals surface area contributed by atoms with Gasteiger partial charge in [-0.1, -0.05) is 32.4 Å². The van der Waals surface area contributed by atoms with Gasteiger partial charge >= 0.3 is 0 Å². The largest absolute Gasteiger partial charge is 0.369 e. The molecule has 0 amide bonds. The first kappa shape index (κ1) is 14.5. The molecule has 1 fully saturated rings. The molecule has 1 heterocycles. The van der Waals surface area contributed by atoms with E-state index >= 15 is 0 Å². The fourth-order valence-electron chi connectivity index (χ4n) is 2.15. The molecule has 1 aromatic rings. The maximum atomic E-state index is 6.02. The molecule has 5 heteroatoms. The molecule has 0 aliphatic heterocycles. The summed E-state index contributed by atoms with van der Waals surface area (Å²) >= 11 is 6.02. The van der Waals surface area contributed by atoms with Gasteiger partial charge in [0.2, 0.25) is 0 Å². The van der Waals surface area contributed by atoms with Crippen LogP contribution in [0.15, 0.2) is 6.07 Å². The molecule has 0 aromatic carbocycles. The van der Waals surface area contributed by atoms with Crippen LogP contribution in [0.3, 0.4) is 0 Å². The van der Waals surface area contributed by atoms with Gasteiger partial charge in [-0.3, -0.25) is 4.90 Å². The van der Waals surface area contributed by atoms with Crippen LogP contribution in [0.2, 0.25) is 5.15 Å². The number of hydrogen-bond acceptors (Lipinski definition) is 4. The Morgan fingerprint density at radius 1 is 1.42 bits per heavy atom. The lowest BCUT2D eigenvalue weighted by Gasteiger charge is -2.20. The third kappa shape index (κ3) is 4.32. The normalized spacial score (nSPS) is 15.3. The molecule has 2 rings (SSSR count). The Kier molecular flexibility index (Phi) is 4.99. The summed E-state index contributed by atoms with van der Waals surface area (Å²) in [7, 11) is 0. The fourth-order valence-corrected chi connectivity index (χ4v) is 2.34. The van der Waals surface area contributed by atoms with Crippen LogP contribution in [0.1, 0.15) is 45.4 Å². The van der Waals surface area contributed by atoms with Gasteiger partial charge < -0.3 is 5.32 Å². The molecule has 0 radical (unpaired) electrons. The monoisotopic (exact) mass is 282 g/mol. The lowest BCUT2D eigenvalue weighted by molar-refractivity contribution is 0.289. The van der Waals surface area contributed by atoms with Crippen LogP contribution in [0.4, 0.5) is 5.82 Å². The van der Waals surface area contributed by atoms with Crippen molar-refractivity contribution in [2.45, 2.75) is 45.6 Å². The van der Waals surface area contributed by atoms with E-state index in [0.717, 1.165) is 37.3 Å². The third-order valence-corrected chi connectivity index (χ3v) is 3.60. The molecule has 106 valence electrons. The van der Waals surface area contributed by atoms with E-state index in [1.807, 2.05) is 0 Å². The summed E-state index contributed by atoms with van der Waals surface area (Å²) in [4.78, 5) is 11.2. The molecule has 0 spiro atoms. The van der Waals surface area contributed by atoms with Crippen LogP contribution in [0, 0.1) is 0 Å². The first-order valence-electron chi connectivity index (χ1n) is 7.12. The van der Waals surface area contributed by atoms with Gasteiger partial charge in [0.1, 0.15) is 16.8 Å². The SMILES string of the molecule is CCN(CCNc1cc(Cl)nc(C(C)C)n1)C1CC1. The van der Waals surface area contributed by atoms with Crippen molar-refractivity contribution in [3.05, 3.63) is 17.0 Å². The minimum absolute atomic E-state index is 0.290. The molecule has 1 aliphatic rings. The second-order valence-electron chi connectivity index (χ2n) is 5.38. The highest BCUT2D eigenvalue weighted by atomic mass is 35.5. The van der Waals surface area contributed by atoms with E-state index in [0.29, 0.717) is 5.15 Å². The van der Waals surface area contributed by atoms with E-state index < -0.39 is 0 Å². The molecule has 0 saturated heterocycles. The van der Waals surface area contributed by atoms with E-state index in [2.05, 4.69) is 41.0 Å². The van der Waals surface area contributed by atoms with Gasteiger partial charge in [0.15, 0.2) is 0 Å². The molecule has 1 aliphatic carbocycles. The van der Waals surface area contributed by atoms with Gasteiger partial charge in [-0.2, -0.15) is 0 Å². The topological polar surface area (TPSA) is 41.0 Å². The van der Waals surface area contributed by atoms with Gasteiger partial charge in [-0.05, 0) is 19.4 Å². The Labute approximate surface area is 120 Å². The van der Waals surface area contributed by atoms with Crippen LogP contribution >= 0.6 is 11.6 Å². The van der Waals surface area contributed by atoms with Crippen molar-refractivity contribution < 1.29 is 0 Å². The van der Waals surface area contributed by atoms with Crippen molar-refractivity contribution >= 4 is 17.4 Å². The fraction of sp³-hybridized carbons (Fsp3) is 0.714. The molecule has 1 aromatic heterocycles. The Morgan fingerprint density at radius 3 is 2.74 bits per heavy atom. The smallest absolute Gasteiger partial charge is 0.135 e. The number of likely N-dealkylation sites (N-methyl/N-ethyl adjacent to an activating group) is 1. The second kappa shape index (κ2) is 6.53. The molecular formula is C14H23ClN4. The molecule has 0 bridgehead atoms. The number of nitrogens with zero attached hydrogens (tertiary/aromatic N) is 3. The minimum atomic E-state index is 0.290. The summed E-state index contributed by atoms with van der Waals surface area (Å²) in [5.74, 6) is 1.91.